The van der Waals surface area contributed by atoms with E-state index in [1.54, 1.807) is 13.8 Å². The smallest absolute Gasteiger partial charge is 0.156 e. The summed E-state index contributed by atoms with van der Waals surface area (Å²) in [5.41, 5.74) is 4.97. The Morgan fingerprint density at radius 1 is 1.55 bits per heavy atom. The van der Waals surface area contributed by atoms with Crippen molar-refractivity contribution < 1.29 is 14.9 Å². The Balaban J connectivity index is 2.67. The van der Waals surface area contributed by atoms with Crippen LogP contribution in [0, 0.1) is 0 Å². The molecule has 4 atom stereocenters. The van der Waals surface area contributed by atoms with Gasteiger partial charge in [-0.1, -0.05) is 0 Å². The first-order valence-corrected chi connectivity index (χ1v) is 3.74. The highest BCUT2D eigenvalue weighted by Gasteiger charge is 2.40. The largest absolute Gasteiger partial charge is 0.389 e. The lowest BCUT2D eigenvalue weighted by atomic mass is 9.86. The van der Waals surface area contributed by atoms with Crippen LogP contribution in [0.1, 0.15) is 20.3 Å². The van der Waals surface area contributed by atoms with Crippen molar-refractivity contribution in [2.45, 2.75) is 44.3 Å². The summed E-state index contributed by atoms with van der Waals surface area (Å²) in [6.07, 6.45) is -1.67. The Morgan fingerprint density at radius 3 is 2.55 bits per heavy atom. The monoisotopic (exact) mass is 161 g/mol. The SMILES string of the molecule is C[C@@H]1O[C@@H](O)C[C@](C)(N)[C@@H]1O. The van der Waals surface area contributed by atoms with E-state index in [9.17, 15) is 5.11 Å². The third-order valence-electron chi connectivity index (χ3n) is 2.11. The van der Waals surface area contributed by atoms with Crippen molar-refractivity contribution >= 4 is 0 Å². The van der Waals surface area contributed by atoms with Crippen LogP contribution in [0.15, 0.2) is 0 Å². The molecule has 0 unspecified atom stereocenters. The summed E-state index contributed by atoms with van der Waals surface area (Å²) < 4.78 is 4.96. The summed E-state index contributed by atoms with van der Waals surface area (Å²) in [6.45, 7) is 3.40. The molecular formula is C7H15NO3. The fourth-order valence-corrected chi connectivity index (χ4v) is 1.40. The lowest BCUT2D eigenvalue weighted by Crippen LogP contribution is -2.59. The number of hydrogen-bond donors (Lipinski definition) is 3. The van der Waals surface area contributed by atoms with Gasteiger partial charge < -0.3 is 20.7 Å². The Hall–Kier alpha value is -0.160. The number of ether oxygens (including phenoxy) is 1. The van der Waals surface area contributed by atoms with E-state index in [1.807, 2.05) is 0 Å². The molecule has 1 aliphatic heterocycles. The zero-order chi connectivity index (χ0) is 8.65. The molecule has 0 amide bonds. The summed E-state index contributed by atoms with van der Waals surface area (Å²) in [7, 11) is 0. The van der Waals surface area contributed by atoms with Gasteiger partial charge in [-0.25, -0.2) is 0 Å². The van der Waals surface area contributed by atoms with Crippen LogP contribution in [-0.4, -0.2) is 34.2 Å². The van der Waals surface area contributed by atoms with Gasteiger partial charge in [0, 0.05) is 12.0 Å². The van der Waals surface area contributed by atoms with Crippen molar-refractivity contribution in [1.82, 2.24) is 0 Å². The molecule has 0 aliphatic carbocycles. The number of aliphatic hydroxyl groups is 2. The first-order chi connectivity index (χ1) is 4.93. The zero-order valence-corrected chi connectivity index (χ0v) is 6.82. The molecule has 0 aromatic heterocycles. The molecule has 0 spiro atoms. The van der Waals surface area contributed by atoms with Crippen LogP contribution >= 0.6 is 0 Å². The van der Waals surface area contributed by atoms with Gasteiger partial charge in [-0.05, 0) is 13.8 Å². The van der Waals surface area contributed by atoms with Crippen LogP contribution in [0.5, 0.6) is 0 Å². The highest BCUT2D eigenvalue weighted by atomic mass is 16.6. The minimum absolute atomic E-state index is 0.276. The quantitative estimate of drug-likeness (QED) is 0.434. The van der Waals surface area contributed by atoms with Crippen LogP contribution in [0.3, 0.4) is 0 Å². The zero-order valence-electron chi connectivity index (χ0n) is 6.82. The average Bonchev–Trinajstić information content (AvgIpc) is 1.81. The number of nitrogens with two attached hydrogens (primary N) is 1. The van der Waals surface area contributed by atoms with Crippen LogP contribution in [0.25, 0.3) is 0 Å². The lowest BCUT2D eigenvalue weighted by molar-refractivity contribution is -0.215. The summed E-state index contributed by atoms with van der Waals surface area (Å²) in [5, 5.41) is 18.6. The molecule has 4 heteroatoms. The molecule has 4 N–H and O–H groups in total. The highest BCUT2D eigenvalue weighted by molar-refractivity contribution is 4.94. The summed E-state index contributed by atoms with van der Waals surface area (Å²) in [4.78, 5) is 0. The van der Waals surface area contributed by atoms with Crippen LogP contribution in [0.4, 0.5) is 0 Å². The molecular weight excluding hydrogens is 146 g/mol. The van der Waals surface area contributed by atoms with Crippen molar-refractivity contribution in [1.29, 1.82) is 0 Å². The molecule has 1 fully saturated rings. The van der Waals surface area contributed by atoms with Gasteiger partial charge in [0.15, 0.2) is 6.29 Å². The van der Waals surface area contributed by atoms with Crippen molar-refractivity contribution in [2.24, 2.45) is 5.73 Å². The first kappa shape index (κ1) is 8.93. The van der Waals surface area contributed by atoms with E-state index >= 15 is 0 Å². The van der Waals surface area contributed by atoms with Gasteiger partial charge in [-0.15, -0.1) is 0 Å². The Labute approximate surface area is 66.0 Å². The molecule has 66 valence electrons. The predicted molar refractivity (Wildman–Crippen MR) is 39.8 cm³/mol. The summed E-state index contributed by atoms with van der Waals surface area (Å²) in [6, 6.07) is 0. The van der Waals surface area contributed by atoms with Gasteiger partial charge in [0.1, 0.15) is 0 Å². The second-order valence-electron chi connectivity index (χ2n) is 3.45. The lowest BCUT2D eigenvalue weighted by Gasteiger charge is -2.41. The number of aliphatic hydroxyl groups excluding tert-OH is 2. The molecule has 1 heterocycles. The topological polar surface area (TPSA) is 75.7 Å². The molecule has 1 rings (SSSR count). The molecule has 0 aromatic rings. The third kappa shape index (κ3) is 1.70. The standard InChI is InChI=1S/C7H15NO3/c1-4-6(10)7(2,8)3-5(9)11-4/h4-6,9-10H,3,8H2,1-2H3/t4-,5+,6+,7-/m0/s1. The molecule has 0 saturated carbocycles. The minimum Gasteiger partial charge on any atom is -0.389 e. The summed E-state index contributed by atoms with van der Waals surface area (Å²) >= 11 is 0. The Morgan fingerprint density at radius 2 is 2.09 bits per heavy atom. The molecule has 1 aliphatic rings. The van der Waals surface area contributed by atoms with E-state index in [-0.39, 0.29) is 6.42 Å². The first-order valence-electron chi connectivity index (χ1n) is 3.74. The molecule has 0 aromatic carbocycles. The van der Waals surface area contributed by atoms with Crippen molar-refractivity contribution in [3.05, 3.63) is 0 Å². The van der Waals surface area contributed by atoms with E-state index in [0.29, 0.717) is 0 Å². The van der Waals surface area contributed by atoms with Gasteiger partial charge in [-0.3, -0.25) is 0 Å². The Bertz CT molecular complexity index is 149. The molecule has 11 heavy (non-hydrogen) atoms. The van der Waals surface area contributed by atoms with E-state index in [1.165, 1.54) is 0 Å². The van der Waals surface area contributed by atoms with Gasteiger partial charge >= 0.3 is 0 Å². The second kappa shape index (κ2) is 2.71. The fraction of sp³-hybridized carbons (Fsp3) is 1.00. The number of rotatable bonds is 0. The molecule has 4 nitrogen and oxygen atoms in total. The maximum absolute atomic E-state index is 9.46. The van der Waals surface area contributed by atoms with Gasteiger partial charge in [0.05, 0.1) is 12.2 Å². The maximum atomic E-state index is 9.46. The van der Waals surface area contributed by atoms with Crippen molar-refractivity contribution in [3.63, 3.8) is 0 Å². The van der Waals surface area contributed by atoms with Crippen LogP contribution < -0.4 is 5.73 Å². The molecule has 1 saturated heterocycles. The Kier molecular flexibility index (Phi) is 2.20. The van der Waals surface area contributed by atoms with E-state index < -0.39 is 24.0 Å². The van der Waals surface area contributed by atoms with E-state index in [0.717, 1.165) is 0 Å². The predicted octanol–water partition coefficient (Wildman–Crippen LogP) is -0.808. The average molecular weight is 161 g/mol. The molecule has 0 radical (unpaired) electrons. The van der Waals surface area contributed by atoms with Gasteiger partial charge in [-0.2, -0.15) is 0 Å². The van der Waals surface area contributed by atoms with Crippen LogP contribution in [-0.2, 0) is 4.74 Å². The van der Waals surface area contributed by atoms with Crippen molar-refractivity contribution in [2.75, 3.05) is 0 Å². The van der Waals surface area contributed by atoms with Gasteiger partial charge in [0.25, 0.3) is 0 Å². The second-order valence-corrected chi connectivity index (χ2v) is 3.45. The normalized spacial score (nSPS) is 52.6. The third-order valence-corrected chi connectivity index (χ3v) is 2.11. The van der Waals surface area contributed by atoms with E-state index in [4.69, 9.17) is 15.6 Å². The highest BCUT2D eigenvalue weighted by Crippen LogP contribution is 2.25. The van der Waals surface area contributed by atoms with Crippen molar-refractivity contribution in [3.8, 4) is 0 Å². The van der Waals surface area contributed by atoms with Gasteiger partial charge in [0.2, 0.25) is 0 Å². The minimum atomic E-state index is -0.844. The summed E-state index contributed by atoms with van der Waals surface area (Å²) in [5.74, 6) is 0. The van der Waals surface area contributed by atoms with Crippen LogP contribution in [0.2, 0.25) is 0 Å². The number of hydrogen-bond acceptors (Lipinski definition) is 4. The molecule has 0 bridgehead atoms. The maximum Gasteiger partial charge on any atom is 0.156 e. The fourth-order valence-electron chi connectivity index (χ4n) is 1.40. The van der Waals surface area contributed by atoms with E-state index in [2.05, 4.69) is 0 Å².